The van der Waals surface area contributed by atoms with Gasteiger partial charge in [0.2, 0.25) is 5.91 Å². The van der Waals surface area contributed by atoms with Gasteiger partial charge in [-0.3, -0.25) is 15.0 Å². The number of carbonyl (C=O) groups is 2. The van der Waals surface area contributed by atoms with E-state index in [-0.39, 0.29) is 24.5 Å². The van der Waals surface area contributed by atoms with Crippen LogP contribution < -0.4 is 5.43 Å². The van der Waals surface area contributed by atoms with Gasteiger partial charge >= 0.3 is 0 Å². The zero-order valence-corrected chi connectivity index (χ0v) is 14.6. The number of imidazole rings is 1. The molecule has 1 N–H and O–H groups in total. The van der Waals surface area contributed by atoms with E-state index in [1.807, 2.05) is 36.4 Å². The van der Waals surface area contributed by atoms with E-state index in [0.717, 1.165) is 23.9 Å². The molecule has 0 radical (unpaired) electrons. The maximum Gasteiger partial charge on any atom is 0.239 e. The van der Waals surface area contributed by atoms with Crippen molar-refractivity contribution in [3.8, 4) is 0 Å². The lowest BCUT2D eigenvalue weighted by Gasteiger charge is -2.16. The van der Waals surface area contributed by atoms with Gasteiger partial charge in [-0.05, 0) is 55.0 Å². The van der Waals surface area contributed by atoms with Gasteiger partial charge in [-0.15, -0.1) is 0 Å². The summed E-state index contributed by atoms with van der Waals surface area (Å²) in [5.41, 5.74) is 7.80. The first-order valence-corrected chi connectivity index (χ1v) is 9.08. The van der Waals surface area contributed by atoms with Gasteiger partial charge in [0.15, 0.2) is 5.78 Å². The molecule has 0 aliphatic heterocycles. The van der Waals surface area contributed by atoms with E-state index in [0.29, 0.717) is 5.56 Å². The molecule has 1 aromatic heterocycles. The third-order valence-corrected chi connectivity index (χ3v) is 4.95. The topological polar surface area (TPSA) is 64.0 Å². The number of ketones is 1. The molecule has 4 rings (SSSR count). The highest BCUT2D eigenvalue weighted by Gasteiger charge is 2.14. The third-order valence-electron chi connectivity index (χ3n) is 4.95. The van der Waals surface area contributed by atoms with Gasteiger partial charge in [0.05, 0.1) is 11.0 Å². The highest BCUT2D eigenvalue weighted by molar-refractivity contribution is 5.99. The molecule has 1 amide bonds. The number of hydrogen-bond donors (Lipinski definition) is 1. The second kappa shape index (κ2) is 7.12. The Morgan fingerprint density at radius 1 is 1.00 bits per heavy atom. The molecule has 2 aromatic carbocycles. The minimum atomic E-state index is -0.195. The van der Waals surface area contributed by atoms with Gasteiger partial charge in [-0.2, -0.15) is 0 Å². The molecule has 1 heterocycles. The van der Waals surface area contributed by atoms with Crippen LogP contribution in [0.4, 0.5) is 0 Å². The number of Topliss-reactive ketones (excluding diaryl/α,β-unsaturated/α-hetero) is 1. The lowest BCUT2D eigenvalue weighted by Crippen LogP contribution is -2.22. The van der Waals surface area contributed by atoms with Crippen LogP contribution >= 0.6 is 0 Å². The zero-order valence-electron chi connectivity index (χ0n) is 14.6. The Hall–Kier alpha value is -2.95. The fraction of sp³-hybridized carbons (Fsp3) is 0.286. The summed E-state index contributed by atoms with van der Waals surface area (Å²) in [6.45, 7) is 0. The summed E-state index contributed by atoms with van der Waals surface area (Å²) in [5, 5.41) is 0. The van der Waals surface area contributed by atoms with Crippen LogP contribution in [-0.4, -0.2) is 21.4 Å². The number of rotatable bonds is 5. The highest BCUT2D eigenvalue weighted by Crippen LogP contribution is 2.23. The number of nitrogens with zero attached hydrogens (tertiary/aromatic N) is 2. The van der Waals surface area contributed by atoms with Crippen LogP contribution in [0.1, 0.15) is 47.2 Å². The summed E-state index contributed by atoms with van der Waals surface area (Å²) in [6, 6.07) is 13.6. The number of amides is 1. The Morgan fingerprint density at radius 2 is 1.81 bits per heavy atom. The molecule has 0 saturated carbocycles. The van der Waals surface area contributed by atoms with Crippen LogP contribution in [0.5, 0.6) is 0 Å². The monoisotopic (exact) mass is 347 g/mol. The molecule has 3 aromatic rings. The lowest BCUT2D eigenvalue weighted by molar-refractivity contribution is -0.117. The van der Waals surface area contributed by atoms with Gasteiger partial charge < -0.3 is 0 Å². The Balaban J connectivity index is 1.37. The fourth-order valence-electron chi connectivity index (χ4n) is 3.52. The average Bonchev–Trinajstić information content (AvgIpc) is 3.08. The summed E-state index contributed by atoms with van der Waals surface area (Å²) in [5.74, 6) is -0.177. The maximum absolute atomic E-state index is 12.5. The molecular formula is C21H21N3O2. The lowest BCUT2D eigenvalue weighted by atomic mass is 9.89. The van der Waals surface area contributed by atoms with Crippen LogP contribution in [0, 0.1) is 0 Å². The summed E-state index contributed by atoms with van der Waals surface area (Å²) in [6.07, 6.45) is 6.50. The number of aryl methyl sites for hydroxylation is 2. The fourth-order valence-corrected chi connectivity index (χ4v) is 3.52. The first kappa shape index (κ1) is 16.5. The molecule has 0 saturated heterocycles. The number of para-hydroxylation sites is 2. The zero-order chi connectivity index (χ0) is 17.9. The van der Waals surface area contributed by atoms with Crippen LogP contribution in [0.2, 0.25) is 0 Å². The van der Waals surface area contributed by atoms with Crippen molar-refractivity contribution in [2.75, 3.05) is 5.43 Å². The first-order valence-electron chi connectivity index (χ1n) is 9.08. The third kappa shape index (κ3) is 3.38. The number of carbonyl (C=O) groups excluding carboxylic acids is 2. The average molecular weight is 347 g/mol. The molecule has 0 unspecified atom stereocenters. The Labute approximate surface area is 152 Å². The summed E-state index contributed by atoms with van der Waals surface area (Å²) < 4.78 is 1.60. The van der Waals surface area contributed by atoms with Crippen LogP contribution in [0.25, 0.3) is 11.0 Å². The molecule has 1 aliphatic carbocycles. The largest absolute Gasteiger partial charge is 0.294 e. The molecule has 5 nitrogen and oxygen atoms in total. The van der Waals surface area contributed by atoms with Crippen molar-refractivity contribution in [1.82, 2.24) is 9.66 Å². The van der Waals surface area contributed by atoms with Crippen LogP contribution in [-0.2, 0) is 17.6 Å². The van der Waals surface area contributed by atoms with Crippen molar-refractivity contribution < 1.29 is 9.59 Å². The number of aromatic nitrogens is 2. The van der Waals surface area contributed by atoms with Gasteiger partial charge in [-0.25, -0.2) is 9.66 Å². The maximum atomic E-state index is 12.5. The number of nitrogens with one attached hydrogen (secondary N) is 1. The predicted molar refractivity (Wildman–Crippen MR) is 101 cm³/mol. The standard InChI is InChI=1S/C21H21N3O2/c25-20(17-10-9-15-5-1-2-6-16(15)13-17)11-12-21(26)23-24-14-22-18-7-3-4-8-19(18)24/h3-4,7-10,13-14H,1-2,5-6,11-12H2,(H,23,26). The number of hydrogen-bond acceptors (Lipinski definition) is 3. The van der Waals surface area contributed by atoms with Crippen molar-refractivity contribution in [2.45, 2.75) is 38.5 Å². The minimum absolute atomic E-state index is 0.0176. The predicted octanol–water partition coefficient (Wildman–Crippen LogP) is 3.65. The van der Waals surface area contributed by atoms with Crippen molar-refractivity contribution >= 4 is 22.7 Å². The highest BCUT2D eigenvalue weighted by atomic mass is 16.2. The molecular weight excluding hydrogens is 326 g/mol. The molecule has 26 heavy (non-hydrogen) atoms. The van der Waals surface area contributed by atoms with E-state index < -0.39 is 0 Å². The van der Waals surface area contributed by atoms with Gasteiger partial charge in [0.1, 0.15) is 6.33 Å². The molecule has 132 valence electrons. The van der Waals surface area contributed by atoms with Crippen LogP contribution in [0.3, 0.4) is 0 Å². The molecule has 0 spiro atoms. The minimum Gasteiger partial charge on any atom is -0.294 e. The molecule has 0 bridgehead atoms. The Kier molecular flexibility index (Phi) is 4.52. The second-order valence-corrected chi connectivity index (χ2v) is 6.75. The summed E-state index contributed by atoms with van der Waals surface area (Å²) >= 11 is 0. The Morgan fingerprint density at radius 3 is 2.69 bits per heavy atom. The molecule has 5 heteroatoms. The smallest absolute Gasteiger partial charge is 0.239 e. The van der Waals surface area contributed by atoms with Crippen molar-refractivity contribution in [1.29, 1.82) is 0 Å². The van der Waals surface area contributed by atoms with Gasteiger partial charge in [0, 0.05) is 18.4 Å². The second-order valence-electron chi connectivity index (χ2n) is 6.75. The quantitative estimate of drug-likeness (QED) is 0.717. The van der Waals surface area contributed by atoms with E-state index in [4.69, 9.17) is 0 Å². The molecule has 1 aliphatic rings. The van der Waals surface area contributed by atoms with Gasteiger partial charge in [-0.1, -0.05) is 24.3 Å². The molecule has 0 atom stereocenters. The number of benzene rings is 2. The Bertz CT molecular complexity index is 974. The van der Waals surface area contributed by atoms with Crippen LogP contribution in [0.15, 0.2) is 48.8 Å². The van der Waals surface area contributed by atoms with E-state index in [2.05, 4.69) is 16.5 Å². The molecule has 0 fully saturated rings. The van der Waals surface area contributed by atoms with Gasteiger partial charge in [0.25, 0.3) is 0 Å². The number of fused-ring (bicyclic) bond motifs is 2. The first-order chi connectivity index (χ1) is 12.7. The van der Waals surface area contributed by atoms with Crippen molar-refractivity contribution in [2.24, 2.45) is 0 Å². The summed E-state index contributed by atoms with van der Waals surface area (Å²) in [7, 11) is 0. The van der Waals surface area contributed by atoms with E-state index in [1.165, 1.54) is 24.0 Å². The summed E-state index contributed by atoms with van der Waals surface area (Å²) in [4.78, 5) is 28.9. The van der Waals surface area contributed by atoms with Crippen molar-refractivity contribution in [3.63, 3.8) is 0 Å². The van der Waals surface area contributed by atoms with E-state index in [1.54, 1.807) is 11.0 Å². The SMILES string of the molecule is O=C(CCC(=O)c1ccc2c(c1)CCCC2)Nn1cnc2ccccc21. The van der Waals surface area contributed by atoms with E-state index in [9.17, 15) is 9.59 Å². The normalized spacial score (nSPS) is 13.4. The van der Waals surface area contributed by atoms with Crippen molar-refractivity contribution in [3.05, 3.63) is 65.5 Å². The van der Waals surface area contributed by atoms with E-state index >= 15 is 0 Å².